The Hall–Kier alpha value is -3.04. The molecule has 4 heterocycles. The Bertz CT molecular complexity index is 1350. The zero-order chi connectivity index (χ0) is 20.9. The van der Waals surface area contributed by atoms with Crippen molar-refractivity contribution >= 4 is 20.7 Å². The molecular weight excluding hydrogens is 402 g/mol. The van der Waals surface area contributed by atoms with Gasteiger partial charge in [0.05, 0.1) is 41.3 Å². The molecule has 0 spiro atoms. The topological polar surface area (TPSA) is 91.9 Å². The van der Waals surface area contributed by atoms with E-state index in [2.05, 4.69) is 15.2 Å². The average molecular weight is 423 g/mol. The molecule has 0 aliphatic carbocycles. The number of ether oxygens (including phenoxy) is 1. The van der Waals surface area contributed by atoms with Gasteiger partial charge in [0.25, 0.3) is 0 Å². The summed E-state index contributed by atoms with van der Waals surface area (Å²) in [6.07, 6.45) is 3.96. The van der Waals surface area contributed by atoms with Gasteiger partial charge in [0.15, 0.2) is 9.84 Å². The lowest BCUT2D eigenvalue weighted by molar-refractivity contribution is 0.109. The number of nitrogens with zero attached hydrogens (tertiary/aromatic N) is 5. The van der Waals surface area contributed by atoms with E-state index in [0.717, 1.165) is 34.3 Å². The molecule has 9 heteroatoms. The smallest absolute Gasteiger partial charge is 0.184 e. The van der Waals surface area contributed by atoms with Crippen molar-refractivity contribution in [3.8, 4) is 11.4 Å². The summed E-state index contributed by atoms with van der Waals surface area (Å²) in [7, 11) is 0.155. The van der Waals surface area contributed by atoms with Crippen molar-refractivity contribution in [2.24, 2.45) is 14.1 Å². The third-order valence-electron chi connectivity index (χ3n) is 5.53. The van der Waals surface area contributed by atoms with Gasteiger partial charge in [-0.2, -0.15) is 10.2 Å². The fourth-order valence-electron chi connectivity index (χ4n) is 4.04. The number of rotatable bonds is 4. The van der Waals surface area contributed by atoms with Gasteiger partial charge in [0, 0.05) is 43.4 Å². The zero-order valence-corrected chi connectivity index (χ0v) is 17.6. The summed E-state index contributed by atoms with van der Waals surface area (Å²) in [5, 5.41) is 9.72. The number of para-hydroxylation sites is 1. The van der Waals surface area contributed by atoms with Gasteiger partial charge in [-0.25, -0.2) is 8.42 Å². The largest absolute Gasteiger partial charge is 0.376 e. The molecule has 30 heavy (non-hydrogen) atoms. The van der Waals surface area contributed by atoms with Crippen molar-refractivity contribution in [2.75, 3.05) is 6.61 Å². The van der Waals surface area contributed by atoms with Crippen molar-refractivity contribution in [3.05, 3.63) is 59.5 Å². The summed E-state index contributed by atoms with van der Waals surface area (Å²) in [4.78, 5) is 4.61. The number of aryl methyl sites for hydroxylation is 2. The van der Waals surface area contributed by atoms with Crippen LogP contribution in [0.5, 0.6) is 0 Å². The first-order chi connectivity index (χ1) is 14.4. The molecule has 0 fully saturated rings. The molecule has 0 unspecified atom stereocenters. The lowest BCUT2D eigenvalue weighted by Crippen LogP contribution is -2.12. The van der Waals surface area contributed by atoms with Crippen LogP contribution in [0.1, 0.15) is 16.8 Å². The molecule has 1 aliphatic rings. The number of benzene rings is 1. The molecule has 0 N–H and O–H groups in total. The average Bonchev–Trinajstić information content (AvgIpc) is 3.29. The van der Waals surface area contributed by atoms with E-state index in [1.807, 2.05) is 37.0 Å². The van der Waals surface area contributed by atoms with Crippen LogP contribution in [0, 0.1) is 0 Å². The summed E-state index contributed by atoms with van der Waals surface area (Å²) in [5.74, 6) is -0.113. The van der Waals surface area contributed by atoms with Gasteiger partial charge in [0.1, 0.15) is 5.69 Å². The van der Waals surface area contributed by atoms with E-state index in [4.69, 9.17) is 4.74 Å². The van der Waals surface area contributed by atoms with Gasteiger partial charge in [-0.15, -0.1) is 0 Å². The van der Waals surface area contributed by atoms with Crippen LogP contribution in [0.2, 0.25) is 0 Å². The molecule has 0 amide bonds. The monoisotopic (exact) mass is 423 g/mol. The molecule has 0 atom stereocenters. The molecule has 1 aliphatic heterocycles. The molecule has 0 radical (unpaired) electrons. The van der Waals surface area contributed by atoms with Crippen LogP contribution in [0.25, 0.3) is 22.3 Å². The fourth-order valence-corrected chi connectivity index (χ4v) is 5.34. The fraction of sp³-hybridized carbons (Fsp3) is 0.286. The predicted octanol–water partition coefficient (Wildman–Crippen LogP) is 2.42. The molecule has 154 valence electrons. The number of fused-ring (bicyclic) bond motifs is 2. The highest BCUT2D eigenvalue weighted by molar-refractivity contribution is 7.90. The predicted molar refractivity (Wildman–Crippen MR) is 111 cm³/mol. The SMILES string of the molecule is Cn1nc(-c2ccc(S(=O)(=O)Cc3cccc4cnn(C)c34)cn2)c2c1CCOC2. The standard InChI is InChI=1S/C21H21N5O3S/c1-25-19-8-9-29-12-17(19)20(24-25)18-7-6-16(11-22-18)30(27,28)13-15-5-3-4-14-10-23-26(2)21(14)15/h3-7,10-11H,8-9,12-13H2,1-2H3. The van der Waals surface area contributed by atoms with E-state index in [9.17, 15) is 8.42 Å². The Morgan fingerprint density at radius 3 is 2.77 bits per heavy atom. The highest BCUT2D eigenvalue weighted by atomic mass is 32.2. The summed E-state index contributed by atoms with van der Waals surface area (Å²) >= 11 is 0. The van der Waals surface area contributed by atoms with Crippen LogP contribution in [0.15, 0.2) is 47.6 Å². The maximum atomic E-state index is 13.1. The summed E-state index contributed by atoms with van der Waals surface area (Å²) < 4.78 is 35.2. The first-order valence-corrected chi connectivity index (χ1v) is 11.3. The highest BCUT2D eigenvalue weighted by Crippen LogP contribution is 2.29. The van der Waals surface area contributed by atoms with Crippen molar-refractivity contribution in [3.63, 3.8) is 0 Å². The van der Waals surface area contributed by atoms with Gasteiger partial charge >= 0.3 is 0 Å². The third kappa shape index (κ3) is 3.10. The van der Waals surface area contributed by atoms with Crippen LogP contribution < -0.4 is 0 Å². The van der Waals surface area contributed by atoms with Crippen LogP contribution in [0.3, 0.4) is 0 Å². The molecule has 0 saturated carbocycles. The van der Waals surface area contributed by atoms with Crippen LogP contribution in [0.4, 0.5) is 0 Å². The molecule has 8 nitrogen and oxygen atoms in total. The van der Waals surface area contributed by atoms with E-state index < -0.39 is 9.84 Å². The van der Waals surface area contributed by atoms with Gasteiger partial charge in [-0.05, 0) is 17.7 Å². The van der Waals surface area contributed by atoms with Crippen LogP contribution >= 0.6 is 0 Å². The maximum Gasteiger partial charge on any atom is 0.184 e. The number of sulfone groups is 1. The summed E-state index contributed by atoms with van der Waals surface area (Å²) in [6.45, 7) is 1.18. The Morgan fingerprint density at radius 1 is 1.10 bits per heavy atom. The lowest BCUT2D eigenvalue weighted by atomic mass is 10.1. The molecule has 1 aromatic carbocycles. The van der Waals surface area contributed by atoms with Crippen molar-refractivity contribution in [2.45, 2.75) is 23.7 Å². The first-order valence-electron chi connectivity index (χ1n) is 9.65. The Balaban J connectivity index is 1.47. The van der Waals surface area contributed by atoms with Crippen LogP contribution in [-0.2, 0) is 47.5 Å². The minimum atomic E-state index is -3.56. The molecule has 3 aromatic heterocycles. The van der Waals surface area contributed by atoms with Crippen LogP contribution in [-0.4, -0.2) is 39.6 Å². The van der Waals surface area contributed by atoms with Crippen molar-refractivity contribution < 1.29 is 13.2 Å². The normalized spacial score (nSPS) is 14.2. The number of aromatic nitrogens is 5. The molecular formula is C21H21N5O3S. The van der Waals surface area contributed by atoms with Gasteiger partial charge in [-0.3, -0.25) is 14.3 Å². The zero-order valence-electron chi connectivity index (χ0n) is 16.7. The van der Waals surface area contributed by atoms with Gasteiger partial charge in [-0.1, -0.05) is 18.2 Å². The van der Waals surface area contributed by atoms with E-state index in [1.165, 1.54) is 6.20 Å². The summed E-state index contributed by atoms with van der Waals surface area (Å²) in [5.41, 5.74) is 5.09. The Morgan fingerprint density at radius 2 is 1.97 bits per heavy atom. The quantitative estimate of drug-likeness (QED) is 0.501. The summed E-state index contributed by atoms with van der Waals surface area (Å²) in [6, 6.07) is 8.92. The highest BCUT2D eigenvalue weighted by Gasteiger charge is 2.23. The first kappa shape index (κ1) is 19.0. The van der Waals surface area contributed by atoms with E-state index >= 15 is 0 Å². The van der Waals surface area contributed by atoms with E-state index in [1.54, 1.807) is 23.0 Å². The Kier molecular flexibility index (Phi) is 4.44. The number of pyridine rings is 1. The van der Waals surface area contributed by atoms with E-state index in [0.29, 0.717) is 24.5 Å². The van der Waals surface area contributed by atoms with Gasteiger partial charge < -0.3 is 4.74 Å². The molecule has 5 rings (SSSR count). The number of hydrogen-bond acceptors (Lipinski definition) is 6. The van der Waals surface area contributed by atoms with E-state index in [-0.39, 0.29) is 10.6 Å². The lowest BCUT2D eigenvalue weighted by Gasteiger charge is -2.13. The second-order valence-corrected chi connectivity index (χ2v) is 9.45. The van der Waals surface area contributed by atoms with Crippen molar-refractivity contribution in [1.29, 1.82) is 0 Å². The number of hydrogen-bond donors (Lipinski definition) is 0. The third-order valence-corrected chi connectivity index (χ3v) is 7.18. The van der Waals surface area contributed by atoms with Gasteiger partial charge in [0.2, 0.25) is 0 Å². The second-order valence-electron chi connectivity index (χ2n) is 7.46. The van der Waals surface area contributed by atoms with Crippen molar-refractivity contribution in [1.82, 2.24) is 24.5 Å². The Labute approximate surface area is 174 Å². The maximum absolute atomic E-state index is 13.1. The minimum absolute atomic E-state index is 0.113. The second kappa shape index (κ2) is 7.03. The molecule has 0 bridgehead atoms. The minimum Gasteiger partial charge on any atom is -0.376 e. The molecule has 4 aromatic rings. The molecule has 0 saturated heterocycles.